The Balaban J connectivity index is 2.39. The lowest BCUT2D eigenvalue weighted by atomic mass is 9.83. The largest absolute Gasteiger partial charge is 0.508 e. The van der Waals surface area contributed by atoms with E-state index in [4.69, 9.17) is 0 Å². The molecule has 1 aromatic carbocycles. The summed E-state index contributed by atoms with van der Waals surface area (Å²) in [5.74, 6) is 0.364. The van der Waals surface area contributed by atoms with Gasteiger partial charge in [-0.25, -0.2) is 0 Å². The van der Waals surface area contributed by atoms with Crippen molar-refractivity contribution in [2.45, 2.75) is 32.2 Å². The highest BCUT2D eigenvalue weighted by Gasteiger charge is 2.23. The van der Waals surface area contributed by atoms with Crippen LogP contribution < -0.4 is 5.32 Å². The van der Waals surface area contributed by atoms with Crippen LogP contribution >= 0.6 is 0 Å². The first kappa shape index (κ1) is 11.2. The molecule has 86 valence electrons. The first-order chi connectivity index (χ1) is 7.53. The van der Waals surface area contributed by atoms with Gasteiger partial charge >= 0.3 is 0 Å². The van der Waals surface area contributed by atoms with Crippen molar-refractivity contribution in [3.05, 3.63) is 34.9 Å². The second-order valence-corrected chi connectivity index (χ2v) is 4.93. The van der Waals surface area contributed by atoms with Crippen LogP contribution in [0.5, 0.6) is 5.75 Å². The number of phenolic OH excluding ortho intramolecular Hbond substituents is 1. The summed E-state index contributed by atoms with van der Waals surface area (Å²) in [6.07, 6.45) is 4.32. The highest BCUT2D eigenvalue weighted by Crippen LogP contribution is 2.31. The zero-order valence-corrected chi connectivity index (χ0v) is 10.2. The third-order valence-corrected chi connectivity index (χ3v) is 3.55. The Hall–Kier alpha value is -1.28. The lowest BCUT2D eigenvalue weighted by molar-refractivity contribution is 0.472. The molecule has 0 heterocycles. The lowest BCUT2D eigenvalue weighted by Gasteiger charge is -2.30. The van der Waals surface area contributed by atoms with Crippen molar-refractivity contribution >= 4 is 6.08 Å². The molecule has 1 aliphatic carbocycles. The Morgan fingerprint density at radius 1 is 1.25 bits per heavy atom. The topological polar surface area (TPSA) is 32.3 Å². The Morgan fingerprint density at radius 3 is 2.69 bits per heavy atom. The highest BCUT2D eigenvalue weighted by molar-refractivity contribution is 5.62. The summed E-state index contributed by atoms with van der Waals surface area (Å²) in [5.41, 5.74) is 3.96. The number of nitrogens with one attached hydrogen (secondary N) is 1. The molecule has 2 N–H and O–H groups in total. The van der Waals surface area contributed by atoms with E-state index in [2.05, 4.69) is 25.2 Å². The van der Waals surface area contributed by atoms with E-state index in [1.165, 1.54) is 16.7 Å². The summed E-state index contributed by atoms with van der Waals surface area (Å²) in [5, 5.41) is 12.8. The molecular formula is C14H19NO. The Labute approximate surface area is 97.0 Å². The van der Waals surface area contributed by atoms with Crippen LogP contribution in [0.3, 0.4) is 0 Å². The molecule has 1 aromatic rings. The number of rotatable bonds is 2. The zero-order chi connectivity index (χ0) is 11.8. The van der Waals surface area contributed by atoms with Gasteiger partial charge in [-0.15, -0.1) is 0 Å². The molecule has 16 heavy (non-hydrogen) atoms. The van der Waals surface area contributed by atoms with E-state index in [-0.39, 0.29) is 5.54 Å². The van der Waals surface area contributed by atoms with Crippen LogP contribution in [-0.2, 0) is 6.42 Å². The quantitative estimate of drug-likeness (QED) is 0.798. The van der Waals surface area contributed by atoms with E-state index in [1.807, 2.05) is 19.2 Å². The summed E-state index contributed by atoms with van der Waals surface area (Å²) < 4.78 is 0. The fourth-order valence-electron chi connectivity index (χ4n) is 2.13. The molecule has 1 aliphatic rings. The van der Waals surface area contributed by atoms with Gasteiger partial charge in [0.15, 0.2) is 0 Å². The van der Waals surface area contributed by atoms with E-state index < -0.39 is 0 Å². The molecule has 0 amide bonds. The van der Waals surface area contributed by atoms with Crippen molar-refractivity contribution in [3.8, 4) is 5.75 Å². The van der Waals surface area contributed by atoms with E-state index in [9.17, 15) is 5.11 Å². The predicted octanol–water partition coefficient (Wildman–Crippen LogP) is 2.72. The molecular weight excluding hydrogens is 198 g/mol. The molecule has 0 aromatic heterocycles. The molecule has 2 nitrogen and oxygen atoms in total. The molecule has 0 atom stereocenters. The normalized spacial score (nSPS) is 15.6. The summed E-state index contributed by atoms with van der Waals surface area (Å²) in [6, 6.07) is 5.62. The maximum Gasteiger partial charge on any atom is 0.115 e. The molecule has 0 spiro atoms. The number of aryl methyl sites for hydroxylation is 1. The molecule has 2 rings (SSSR count). The minimum Gasteiger partial charge on any atom is -0.508 e. The SMILES string of the molecule is CNC(C)(C)C1=Cc2ccc(O)cc2CC1. The van der Waals surface area contributed by atoms with Crippen molar-refractivity contribution in [1.29, 1.82) is 0 Å². The third kappa shape index (κ3) is 1.98. The molecule has 0 saturated heterocycles. The highest BCUT2D eigenvalue weighted by atomic mass is 16.3. The van der Waals surface area contributed by atoms with Gasteiger partial charge in [-0.2, -0.15) is 0 Å². The van der Waals surface area contributed by atoms with Gasteiger partial charge in [-0.3, -0.25) is 0 Å². The van der Waals surface area contributed by atoms with Gasteiger partial charge in [-0.05, 0) is 62.6 Å². The number of fused-ring (bicyclic) bond motifs is 1. The molecule has 0 aliphatic heterocycles. The van der Waals surface area contributed by atoms with Gasteiger partial charge in [0, 0.05) is 5.54 Å². The van der Waals surface area contributed by atoms with Crippen molar-refractivity contribution in [1.82, 2.24) is 5.32 Å². The third-order valence-electron chi connectivity index (χ3n) is 3.55. The van der Waals surface area contributed by atoms with Gasteiger partial charge in [0.1, 0.15) is 5.75 Å². The van der Waals surface area contributed by atoms with E-state index in [0.29, 0.717) is 5.75 Å². The van der Waals surface area contributed by atoms with Crippen LogP contribution in [0.15, 0.2) is 23.8 Å². The van der Waals surface area contributed by atoms with Crippen molar-refractivity contribution in [3.63, 3.8) is 0 Å². The molecule has 0 radical (unpaired) electrons. The standard InChI is InChI=1S/C14H19NO/c1-14(2,15-3)12-6-4-11-9-13(16)7-5-10(11)8-12/h5,7-9,15-16H,4,6H2,1-3H3. The fraction of sp³-hybridized carbons (Fsp3) is 0.429. The molecule has 0 fully saturated rings. The second-order valence-electron chi connectivity index (χ2n) is 4.93. The summed E-state index contributed by atoms with van der Waals surface area (Å²) in [6.45, 7) is 4.40. The molecule has 0 unspecified atom stereocenters. The van der Waals surface area contributed by atoms with Crippen LogP contribution in [0.25, 0.3) is 6.08 Å². The summed E-state index contributed by atoms with van der Waals surface area (Å²) >= 11 is 0. The van der Waals surface area contributed by atoms with Crippen LogP contribution in [0, 0.1) is 0 Å². The minimum absolute atomic E-state index is 0.0512. The van der Waals surface area contributed by atoms with Crippen LogP contribution in [0.1, 0.15) is 31.4 Å². The maximum absolute atomic E-state index is 9.43. The number of phenols is 1. The Kier molecular flexibility index (Phi) is 2.76. The van der Waals surface area contributed by atoms with E-state index in [1.54, 1.807) is 6.07 Å². The molecule has 2 heteroatoms. The first-order valence-corrected chi connectivity index (χ1v) is 5.75. The predicted molar refractivity (Wildman–Crippen MR) is 67.5 cm³/mol. The Morgan fingerprint density at radius 2 is 2.00 bits per heavy atom. The minimum atomic E-state index is 0.0512. The van der Waals surface area contributed by atoms with Crippen molar-refractivity contribution in [2.75, 3.05) is 7.05 Å². The number of hydrogen-bond acceptors (Lipinski definition) is 2. The summed E-state index contributed by atoms with van der Waals surface area (Å²) in [4.78, 5) is 0. The number of benzene rings is 1. The van der Waals surface area contributed by atoms with Gasteiger partial charge in [0.2, 0.25) is 0 Å². The Bertz CT molecular complexity index is 432. The first-order valence-electron chi connectivity index (χ1n) is 5.75. The smallest absolute Gasteiger partial charge is 0.115 e. The monoisotopic (exact) mass is 217 g/mol. The van der Waals surface area contributed by atoms with Crippen LogP contribution in [0.2, 0.25) is 0 Å². The average Bonchev–Trinajstić information content (AvgIpc) is 2.28. The zero-order valence-electron chi connectivity index (χ0n) is 10.2. The molecule has 0 bridgehead atoms. The van der Waals surface area contributed by atoms with E-state index >= 15 is 0 Å². The average molecular weight is 217 g/mol. The summed E-state index contributed by atoms with van der Waals surface area (Å²) in [7, 11) is 1.99. The molecule has 0 saturated carbocycles. The van der Waals surface area contributed by atoms with Crippen molar-refractivity contribution in [2.24, 2.45) is 0 Å². The van der Waals surface area contributed by atoms with Crippen LogP contribution in [0.4, 0.5) is 0 Å². The lowest BCUT2D eigenvalue weighted by Crippen LogP contribution is -2.38. The number of hydrogen-bond donors (Lipinski definition) is 2. The number of likely N-dealkylation sites (N-methyl/N-ethyl adjacent to an activating group) is 1. The second kappa shape index (κ2) is 3.95. The fourth-order valence-corrected chi connectivity index (χ4v) is 2.13. The van der Waals surface area contributed by atoms with Crippen molar-refractivity contribution < 1.29 is 5.11 Å². The maximum atomic E-state index is 9.43. The number of aromatic hydroxyl groups is 1. The van der Waals surface area contributed by atoms with Gasteiger partial charge < -0.3 is 10.4 Å². The van der Waals surface area contributed by atoms with Gasteiger partial charge in [0.25, 0.3) is 0 Å². The van der Waals surface area contributed by atoms with Crippen LogP contribution in [-0.4, -0.2) is 17.7 Å². The van der Waals surface area contributed by atoms with Gasteiger partial charge in [-0.1, -0.05) is 12.1 Å². The van der Waals surface area contributed by atoms with Gasteiger partial charge in [0.05, 0.1) is 0 Å². The van der Waals surface area contributed by atoms with E-state index in [0.717, 1.165) is 12.8 Å².